The van der Waals surface area contributed by atoms with Gasteiger partial charge in [0, 0.05) is 13.8 Å². The van der Waals surface area contributed by atoms with Crippen LogP contribution in [0.4, 0.5) is 10.5 Å². The highest BCUT2D eigenvalue weighted by atomic mass is 28.3. The average molecular weight is 495 g/mol. The number of carbonyl (C=O) groups is 3. The summed E-state index contributed by atoms with van der Waals surface area (Å²) >= 11 is 0. The second-order valence-corrected chi connectivity index (χ2v) is 15.6. The molecular formula is C24H42N4O5Si. The standard InChI is InChI=1S/C24H42N4O5Si/c1-17(2)21(28-24(32)33-14-15-34(3,4)5)23(31)27-20(8-6-7-13-25)22(30)26-19-11-9-18(16-29)10-12-19/h9-12,17,20-21,29H,6-8,13-16,25H2,1-5H3,(H,26,30)(H,27,31)(H,28,32)/t20-,21-/m0/s1. The molecule has 0 heterocycles. The van der Waals surface area contributed by atoms with Gasteiger partial charge in [0.25, 0.3) is 0 Å². The molecule has 3 amide bonds. The Morgan fingerprint density at radius 1 is 1.03 bits per heavy atom. The molecular weight excluding hydrogens is 452 g/mol. The van der Waals surface area contributed by atoms with Crippen molar-refractivity contribution in [2.24, 2.45) is 11.7 Å². The van der Waals surface area contributed by atoms with Crippen LogP contribution >= 0.6 is 0 Å². The number of benzene rings is 1. The fraction of sp³-hybridized carbons (Fsp3) is 0.625. The number of alkyl carbamates (subject to hydrolysis) is 1. The number of anilines is 1. The zero-order chi connectivity index (χ0) is 25.7. The summed E-state index contributed by atoms with van der Waals surface area (Å²) in [6.07, 6.45) is 1.16. The average Bonchev–Trinajstić information content (AvgIpc) is 2.76. The van der Waals surface area contributed by atoms with Crippen LogP contribution in [0.3, 0.4) is 0 Å². The predicted molar refractivity (Wildman–Crippen MR) is 137 cm³/mol. The Bertz CT molecular complexity index is 781. The zero-order valence-corrected chi connectivity index (χ0v) is 22.1. The maximum atomic E-state index is 13.0. The van der Waals surface area contributed by atoms with Gasteiger partial charge in [-0.15, -0.1) is 0 Å². The Morgan fingerprint density at radius 3 is 2.21 bits per heavy atom. The number of nitrogens with two attached hydrogens (primary N) is 1. The molecule has 1 aromatic carbocycles. The van der Waals surface area contributed by atoms with E-state index < -0.39 is 32.2 Å². The molecule has 0 aliphatic carbocycles. The topological polar surface area (TPSA) is 143 Å². The van der Waals surface area contributed by atoms with Gasteiger partial charge in [-0.2, -0.15) is 0 Å². The smallest absolute Gasteiger partial charge is 0.407 e. The van der Waals surface area contributed by atoms with Crippen LogP contribution in [0, 0.1) is 5.92 Å². The number of aliphatic hydroxyl groups is 1. The van der Waals surface area contributed by atoms with Crippen molar-refractivity contribution < 1.29 is 24.2 Å². The van der Waals surface area contributed by atoms with Crippen LogP contribution in [-0.2, 0) is 20.9 Å². The number of nitrogens with one attached hydrogen (secondary N) is 3. The number of rotatable bonds is 14. The van der Waals surface area contributed by atoms with Crippen molar-refractivity contribution in [3.8, 4) is 0 Å². The van der Waals surface area contributed by atoms with Gasteiger partial charge in [0.05, 0.1) is 13.2 Å². The molecule has 192 valence electrons. The van der Waals surface area contributed by atoms with Crippen LogP contribution in [0.1, 0.15) is 38.7 Å². The largest absolute Gasteiger partial charge is 0.450 e. The summed E-state index contributed by atoms with van der Waals surface area (Å²) in [5, 5.41) is 17.4. The molecule has 1 rings (SSSR count). The maximum absolute atomic E-state index is 13.0. The van der Waals surface area contributed by atoms with Crippen LogP contribution in [0.5, 0.6) is 0 Å². The molecule has 0 fully saturated rings. The fourth-order valence-electron chi connectivity index (χ4n) is 3.10. The van der Waals surface area contributed by atoms with E-state index in [-0.39, 0.29) is 18.4 Å². The molecule has 0 saturated carbocycles. The van der Waals surface area contributed by atoms with Crippen molar-refractivity contribution in [1.82, 2.24) is 10.6 Å². The van der Waals surface area contributed by atoms with E-state index in [2.05, 4.69) is 35.6 Å². The van der Waals surface area contributed by atoms with Gasteiger partial charge in [-0.3, -0.25) is 9.59 Å². The van der Waals surface area contributed by atoms with Crippen LogP contribution < -0.4 is 21.7 Å². The molecule has 6 N–H and O–H groups in total. The highest BCUT2D eigenvalue weighted by Crippen LogP contribution is 2.13. The summed E-state index contributed by atoms with van der Waals surface area (Å²) in [6.45, 7) is 10.9. The zero-order valence-electron chi connectivity index (χ0n) is 21.1. The number of ether oxygens (including phenoxy) is 1. The van der Waals surface area contributed by atoms with Crippen molar-refractivity contribution in [3.63, 3.8) is 0 Å². The first-order valence-corrected chi connectivity index (χ1v) is 15.6. The summed E-state index contributed by atoms with van der Waals surface area (Å²) in [4.78, 5) is 38.2. The van der Waals surface area contributed by atoms with Gasteiger partial charge in [-0.1, -0.05) is 45.6 Å². The highest BCUT2D eigenvalue weighted by Gasteiger charge is 2.29. The van der Waals surface area contributed by atoms with Gasteiger partial charge < -0.3 is 31.5 Å². The molecule has 0 unspecified atom stereocenters. The molecule has 0 radical (unpaired) electrons. The number of unbranched alkanes of at least 4 members (excludes halogenated alkanes) is 1. The molecule has 0 aliphatic rings. The Labute approximate surface area is 204 Å². The monoisotopic (exact) mass is 494 g/mol. The van der Waals surface area contributed by atoms with E-state index in [1.54, 1.807) is 24.3 Å². The number of hydrogen-bond donors (Lipinski definition) is 5. The quantitative estimate of drug-likeness (QED) is 0.199. The normalized spacial score (nSPS) is 13.2. The van der Waals surface area contributed by atoms with E-state index >= 15 is 0 Å². The van der Waals surface area contributed by atoms with E-state index in [1.807, 2.05) is 13.8 Å². The van der Waals surface area contributed by atoms with Crippen molar-refractivity contribution in [2.45, 2.75) is 77.5 Å². The maximum Gasteiger partial charge on any atom is 0.407 e. The first kappa shape index (κ1) is 29.6. The van der Waals surface area contributed by atoms with Gasteiger partial charge in [0.1, 0.15) is 12.1 Å². The Kier molecular flexibility index (Phi) is 12.8. The lowest BCUT2D eigenvalue weighted by Gasteiger charge is -2.25. The predicted octanol–water partition coefficient (Wildman–Crippen LogP) is 2.82. The molecule has 0 aliphatic heterocycles. The van der Waals surface area contributed by atoms with E-state index in [0.29, 0.717) is 31.7 Å². The Hall–Kier alpha value is -2.43. The third-order valence-corrected chi connectivity index (χ3v) is 7.00. The number of hydrogen-bond acceptors (Lipinski definition) is 6. The first-order chi connectivity index (χ1) is 16.0. The minimum atomic E-state index is -1.35. The number of carbonyl (C=O) groups excluding carboxylic acids is 3. The lowest BCUT2D eigenvalue weighted by molar-refractivity contribution is -0.128. The van der Waals surface area contributed by atoms with E-state index in [0.717, 1.165) is 18.0 Å². The molecule has 0 aromatic heterocycles. The summed E-state index contributed by atoms with van der Waals surface area (Å²) < 4.78 is 5.27. The van der Waals surface area contributed by atoms with Crippen molar-refractivity contribution >= 4 is 31.7 Å². The minimum Gasteiger partial charge on any atom is -0.450 e. The summed E-state index contributed by atoms with van der Waals surface area (Å²) in [5.41, 5.74) is 6.88. The Morgan fingerprint density at radius 2 is 1.68 bits per heavy atom. The van der Waals surface area contributed by atoms with Crippen molar-refractivity contribution in [1.29, 1.82) is 0 Å². The first-order valence-electron chi connectivity index (χ1n) is 11.9. The van der Waals surface area contributed by atoms with Crippen LogP contribution in [0.25, 0.3) is 0 Å². The Balaban J connectivity index is 2.81. The van der Waals surface area contributed by atoms with Gasteiger partial charge >= 0.3 is 6.09 Å². The van der Waals surface area contributed by atoms with E-state index in [4.69, 9.17) is 10.5 Å². The number of amides is 3. The van der Waals surface area contributed by atoms with Gasteiger partial charge in [0.15, 0.2) is 0 Å². The van der Waals surface area contributed by atoms with Gasteiger partial charge in [-0.25, -0.2) is 4.79 Å². The second kappa shape index (κ2) is 14.7. The van der Waals surface area contributed by atoms with E-state index in [9.17, 15) is 19.5 Å². The van der Waals surface area contributed by atoms with Crippen molar-refractivity contribution in [2.75, 3.05) is 18.5 Å². The van der Waals surface area contributed by atoms with E-state index in [1.165, 1.54) is 0 Å². The molecule has 9 nitrogen and oxygen atoms in total. The molecule has 34 heavy (non-hydrogen) atoms. The molecule has 0 saturated heterocycles. The third-order valence-electron chi connectivity index (χ3n) is 5.29. The summed E-state index contributed by atoms with van der Waals surface area (Å²) in [5.74, 6) is -1.01. The van der Waals surface area contributed by atoms with Crippen LogP contribution in [-0.4, -0.2) is 56.3 Å². The van der Waals surface area contributed by atoms with Crippen molar-refractivity contribution in [3.05, 3.63) is 29.8 Å². The molecule has 0 bridgehead atoms. The highest BCUT2D eigenvalue weighted by molar-refractivity contribution is 6.76. The lowest BCUT2D eigenvalue weighted by atomic mass is 10.0. The minimum absolute atomic E-state index is 0.0871. The van der Waals surface area contributed by atoms with Crippen LogP contribution in [0.15, 0.2) is 24.3 Å². The summed E-state index contributed by atoms with van der Waals surface area (Å²) in [7, 11) is -1.35. The molecule has 10 heteroatoms. The third kappa shape index (κ3) is 11.6. The number of aliphatic hydroxyl groups excluding tert-OH is 1. The van der Waals surface area contributed by atoms with Crippen LogP contribution in [0.2, 0.25) is 25.7 Å². The SMILES string of the molecule is CC(C)[C@H](NC(=O)OCC[Si](C)(C)C)C(=O)N[C@@H](CCCCN)C(=O)Nc1ccc(CO)cc1. The fourth-order valence-corrected chi connectivity index (χ4v) is 3.81. The second-order valence-electron chi connectivity index (χ2n) is 10.0. The summed E-state index contributed by atoms with van der Waals surface area (Å²) in [6, 6.07) is 6.01. The molecule has 1 aromatic rings. The van der Waals surface area contributed by atoms with Gasteiger partial charge in [-0.05, 0) is 55.5 Å². The molecule has 0 spiro atoms. The molecule has 2 atom stereocenters. The lowest BCUT2D eigenvalue weighted by Crippen LogP contribution is -2.54. The van der Waals surface area contributed by atoms with Gasteiger partial charge in [0.2, 0.25) is 11.8 Å².